The van der Waals surface area contributed by atoms with E-state index in [9.17, 15) is 4.79 Å². The number of nitrogens with one attached hydrogen (secondary N) is 2. The molecule has 34 heavy (non-hydrogen) atoms. The molecule has 0 saturated carbocycles. The summed E-state index contributed by atoms with van der Waals surface area (Å²) in [7, 11) is 0. The topological polar surface area (TPSA) is 120 Å². The maximum atomic E-state index is 11.6. The van der Waals surface area contributed by atoms with Gasteiger partial charge in [0, 0.05) is 12.1 Å². The molecule has 0 unspecified atom stereocenters. The molecular weight excluding hydrogens is 430 g/mol. The summed E-state index contributed by atoms with van der Waals surface area (Å²) < 4.78 is 7.82. The maximum Gasteiger partial charge on any atom is 0.244 e. The van der Waals surface area contributed by atoms with Crippen LogP contribution in [0.4, 0.5) is 5.82 Å². The summed E-state index contributed by atoms with van der Waals surface area (Å²) in [6.07, 6.45) is 4.21. The minimum atomic E-state index is -0.192. The summed E-state index contributed by atoms with van der Waals surface area (Å²) in [5.74, 6) is 1.70. The molecule has 2 aromatic heterocycles. The molecule has 4 N–H and O–H groups in total. The van der Waals surface area contributed by atoms with Crippen molar-refractivity contribution in [1.29, 1.82) is 0 Å². The van der Waals surface area contributed by atoms with Gasteiger partial charge in [0.1, 0.15) is 29.3 Å². The fraction of sp³-hybridized carbons (Fsp3) is 0.200. The third-order valence-corrected chi connectivity index (χ3v) is 5.86. The standard InChI is InChI=1S/C25H25N7O2/c1-2-21(33)30-20-13-10-17(14-27-20)32-25-22(24(26)28-15-29-25)23(31-32)16-8-11-19(12-9-16)34-18-6-4-3-5-7-18/h2-9,11-12,15,17,20,27H,1,10,13-14H2,(H,30,33)(H2,26,28,29)/t17-,20+/m1/s1. The molecule has 1 fully saturated rings. The number of carbonyl (C=O) groups excluding carboxylic acids is 1. The Morgan fingerprint density at radius 3 is 2.59 bits per heavy atom. The zero-order chi connectivity index (χ0) is 23.5. The van der Waals surface area contributed by atoms with Gasteiger partial charge < -0.3 is 15.8 Å². The number of ether oxygens (including phenoxy) is 1. The van der Waals surface area contributed by atoms with E-state index in [1.807, 2.05) is 59.3 Å². The number of amides is 1. The average molecular weight is 456 g/mol. The van der Waals surface area contributed by atoms with Crippen molar-refractivity contribution in [2.24, 2.45) is 0 Å². The average Bonchev–Trinajstić information content (AvgIpc) is 3.26. The number of anilines is 1. The van der Waals surface area contributed by atoms with Crippen molar-refractivity contribution in [1.82, 2.24) is 30.4 Å². The summed E-state index contributed by atoms with van der Waals surface area (Å²) in [4.78, 5) is 20.3. The lowest BCUT2D eigenvalue weighted by Gasteiger charge is -2.30. The van der Waals surface area contributed by atoms with E-state index in [-0.39, 0.29) is 18.1 Å². The van der Waals surface area contributed by atoms with Crippen LogP contribution in [0.1, 0.15) is 18.9 Å². The molecule has 5 rings (SSSR count). The zero-order valence-electron chi connectivity index (χ0n) is 18.5. The summed E-state index contributed by atoms with van der Waals surface area (Å²) in [6, 6.07) is 17.4. The lowest BCUT2D eigenvalue weighted by atomic mass is 10.1. The van der Waals surface area contributed by atoms with Crippen molar-refractivity contribution in [3.05, 3.63) is 73.6 Å². The van der Waals surface area contributed by atoms with Crippen LogP contribution in [0.3, 0.4) is 0 Å². The van der Waals surface area contributed by atoms with E-state index >= 15 is 0 Å². The van der Waals surface area contributed by atoms with E-state index < -0.39 is 0 Å². The molecule has 1 aliphatic heterocycles. The van der Waals surface area contributed by atoms with Gasteiger partial charge in [0.2, 0.25) is 5.91 Å². The molecule has 3 heterocycles. The number of rotatable bonds is 6. The Hall–Kier alpha value is -4.24. The monoisotopic (exact) mass is 455 g/mol. The Labute approximate surface area is 196 Å². The van der Waals surface area contributed by atoms with Crippen LogP contribution in [0.15, 0.2) is 73.6 Å². The third-order valence-electron chi connectivity index (χ3n) is 5.86. The smallest absolute Gasteiger partial charge is 0.244 e. The van der Waals surface area contributed by atoms with Gasteiger partial charge in [-0.05, 0) is 55.3 Å². The highest BCUT2D eigenvalue weighted by atomic mass is 16.5. The molecule has 1 amide bonds. The molecule has 0 aliphatic carbocycles. The molecule has 0 spiro atoms. The second kappa shape index (κ2) is 9.32. The number of hydrogen-bond donors (Lipinski definition) is 3. The number of nitrogens with zero attached hydrogens (tertiary/aromatic N) is 4. The number of aromatic nitrogens is 4. The van der Waals surface area contributed by atoms with Gasteiger partial charge in [0.25, 0.3) is 0 Å². The first-order valence-corrected chi connectivity index (χ1v) is 11.1. The lowest BCUT2D eigenvalue weighted by Crippen LogP contribution is -2.50. The summed E-state index contributed by atoms with van der Waals surface area (Å²) in [6.45, 7) is 4.13. The van der Waals surface area contributed by atoms with Gasteiger partial charge in [-0.2, -0.15) is 5.10 Å². The number of nitrogen functional groups attached to an aromatic ring is 1. The molecule has 0 bridgehead atoms. The van der Waals surface area contributed by atoms with Crippen LogP contribution in [0, 0.1) is 0 Å². The highest BCUT2D eigenvalue weighted by Gasteiger charge is 2.27. The normalized spacial score (nSPS) is 17.9. The summed E-state index contributed by atoms with van der Waals surface area (Å²) in [5.41, 5.74) is 8.56. The highest BCUT2D eigenvalue weighted by Crippen LogP contribution is 2.34. The number of fused-ring (bicyclic) bond motifs is 1. The summed E-state index contributed by atoms with van der Waals surface area (Å²) in [5, 5.41) is 11.9. The zero-order valence-corrected chi connectivity index (χ0v) is 18.5. The Bertz CT molecular complexity index is 1310. The number of carbonyl (C=O) groups is 1. The van der Waals surface area contributed by atoms with Crippen molar-refractivity contribution < 1.29 is 9.53 Å². The fourth-order valence-corrected chi connectivity index (χ4v) is 4.16. The van der Waals surface area contributed by atoms with Crippen molar-refractivity contribution >= 4 is 22.8 Å². The van der Waals surface area contributed by atoms with Crippen molar-refractivity contribution in [2.45, 2.75) is 25.0 Å². The first kappa shape index (κ1) is 21.6. The number of benzene rings is 2. The highest BCUT2D eigenvalue weighted by molar-refractivity contribution is 5.98. The van der Waals surface area contributed by atoms with Gasteiger partial charge >= 0.3 is 0 Å². The molecule has 1 aliphatic rings. The van der Waals surface area contributed by atoms with E-state index in [4.69, 9.17) is 15.6 Å². The van der Waals surface area contributed by atoms with E-state index in [0.717, 1.165) is 41.0 Å². The van der Waals surface area contributed by atoms with Crippen LogP contribution < -0.4 is 21.1 Å². The van der Waals surface area contributed by atoms with Gasteiger partial charge in [-0.15, -0.1) is 0 Å². The predicted molar refractivity (Wildman–Crippen MR) is 130 cm³/mol. The van der Waals surface area contributed by atoms with Crippen molar-refractivity contribution in [3.63, 3.8) is 0 Å². The quantitative estimate of drug-likeness (QED) is 0.381. The van der Waals surface area contributed by atoms with E-state index in [1.54, 1.807) is 0 Å². The van der Waals surface area contributed by atoms with Gasteiger partial charge in [0.05, 0.1) is 17.6 Å². The van der Waals surface area contributed by atoms with E-state index in [0.29, 0.717) is 18.0 Å². The fourth-order valence-electron chi connectivity index (χ4n) is 4.16. The molecular formula is C25H25N7O2. The minimum absolute atomic E-state index is 0.0584. The van der Waals surface area contributed by atoms with E-state index in [1.165, 1.54) is 12.4 Å². The largest absolute Gasteiger partial charge is 0.457 e. The third kappa shape index (κ3) is 4.33. The SMILES string of the molecule is C=CC(=O)N[C@H]1CC[C@@H](n2nc(-c3ccc(Oc4ccccc4)cc3)c3c(N)ncnc32)CN1. The van der Waals surface area contributed by atoms with Crippen LogP contribution in [0.5, 0.6) is 11.5 Å². The van der Waals surface area contributed by atoms with Gasteiger partial charge in [-0.3, -0.25) is 10.1 Å². The van der Waals surface area contributed by atoms with Crippen molar-refractivity contribution in [3.8, 4) is 22.8 Å². The Morgan fingerprint density at radius 1 is 1.12 bits per heavy atom. The predicted octanol–water partition coefficient (Wildman–Crippen LogP) is 3.42. The second-order valence-electron chi connectivity index (χ2n) is 8.09. The number of hydrogen-bond acceptors (Lipinski definition) is 7. The lowest BCUT2D eigenvalue weighted by molar-refractivity contribution is -0.117. The van der Waals surface area contributed by atoms with Crippen LogP contribution in [0.25, 0.3) is 22.3 Å². The van der Waals surface area contributed by atoms with Crippen LogP contribution in [-0.4, -0.2) is 38.4 Å². The summed E-state index contributed by atoms with van der Waals surface area (Å²) >= 11 is 0. The van der Waals surface area contributed by atoms with E-state index in [2.05, 4.69) is 27.2 Å². The molecule has 2 atom stereocenters. The molecule has 9 nitrogen and oxygen atoms in total. The Balaban J connectivity index is 1.42. The minimum Gasteiger partial charge on any atom is -0.457 e. The number of para-hydroxylation sites is 1. The van der Waals surface area contributed by atoms with Crippen LogP contribution >= 0.6 is 0 Å². The molecule has 4 aromatic rings. The van der Waals surface area contributed by atoms with Gasteiger partial charge in [-0.1, -0.05) is 24.8 Å². The Morgan fingerprint density at radius 2 is 1.88 bits per heavy atom. The molecule has 172 valence electrons. The maximum absolute atomic E-state index is 11.6. The Kier molecular flexibility index (Phi) is 5.92. The first-order valence-electron chi connectivity index (χ1n) is 11.1. The molecule has 9 heteroatoms. The van der Waals surface area contributed by atoms with Gasteiger partial charge in [-0.25, -0.2) is 14.6 Å². The van der Waals surface area contributed by atoms with Crippen LogP contribution in [0.2, 0.25) is 0 Å². The number of piperidine rings is 1. The molecule has 0 radical (unpaired) electrons. The van der Waals surface area contributed by atoms with Crippen LogP contribution in [-0.2, 0) is 4.79 Å². The van der Waals surface area contributed by atoms with Crippen molar-refractivity contribution in [2.75, 3.05) is 12.3 Å². The van der Waals surface area contributed by atoms with Gasteiger partial charge in [0.15, 0.2) is 5.65 Å². The molecule has 1 saturated heterocycles. The first-order chi connectivity index (χ1) is 16.6. The second-order valence-corrected chi connectivity index (χ2v) is 8.09. The number of nitrogens with two attached hydrogens (primary N) is 1. The molecule has 2 aromatic carbocycles.